The lowest BCUT2D eigenvalue weighted by Crippen LogP contribution is -2.24. The van der Waals surface area contributed by atoms with E-state index in [-0.39, 0.29) is 0 Å². The van der Waals surface area contributed by atoms with Crippen LogP contribution in [0.15, 0.2) is 0 Å². The monoisotopic (exact) mass is 294 g/mol. The fourth-order valence-electron chi connectivity index (χ4n) is 2.45. The molecule has 6 nitrogen and oxygen atoms in total. The Balaban J connectivity index is 1.73. The van der Waals surface area contributed by atoms with E-state index in [0.717, 1.165) is 25.6 Å². The minimum absolute atomic E-state index is 0.403. The third-order valence-corrected chi connectivity index (χ3v) is 5.46. The Kier molecular flexibility index (Phi) is 3.87. The van der Waals surface area contributed by atoms with Gasteiger partial charge in [-0.3, -0.25) is 0 Å². The van der Waals surface area contributed by atoms with Gasteiger partial charge in [0.2, 0.25) is 17.8 Å². The van der Waals surface area contributed by atoms with E-state index in [1.807, 2.05) is 18.8 Å². The fourth-order valence-corrected chi connectivity index (χ4v) is 3.17. The number of aromatic nitrogens is 3. The van der Waals surface area contributed by atoms with Crippen LogP contribution < -0.4 is 15.5 Å². The van der Waals surface area contributed by atoms with Crippen LogP contribution in [0.2, 0.25) is 0 Å². The molecule has 2 heterocycles. The second-order valence-corrected chi connectivity index (χ2v) is 6.74. The summed E-state index contributed by atoms with van der Waals surface area (Å²) in [5, 5.41) is 6.41. The van der Waals surface area contributed by atoms with Crippen LogP contribution in [0, 0.1) is 0 Å². The van der Waals surface area contributed by atoms with E-state index in [1.54, 1.807) is 0 Å². The van der Waals surface area contributed by atoms with Crippen molar-refractivity contribution in [2.24, 2.45) is 0 Å². The highest BCUT2D eigenvalue weighted by molar-refractivity contribution is 8.00. The van der Waals surface area contributed by atoms with Gasteiger partial charge in [-0.25, -0.2) is 0 Å². The van der Waals surface area contributed by atoms with E-state index in [9.17, 15) is 0 Å². The summed E-state index contributed by atoms with van der Waals surface area (Å²) < 4.78 is 0.403. The topological polar surface area (TPSA) is 66.0 Å². The molecule has 1 aromatic rings. The third kappa shape index (κ3) is 2.92. The van der Waals surface area contributed by atoms with Gasteiger partial charge >= 0.3 is 0 Å². The lowest BCUT2D eigenvalue weighted by Gasteiger charge is -2.18. The Morgan fingerprint density at radius 3 is 2.45 bits per heavy atom. The Bertz CT molecular complexity index is 470. The molecular formula is C13H22N6S. The summed E-state index contributed by atoms with van der Waals surface area (Å²) >= 11 is 1.94. The number of thioether (sulfide) groups is 1. The molecule has 1 saturated carbocycles. The van der Waals surface area contributed by atoms with Crippen molar-refractivity contribution < 1.29 is 0 Å². The Morgan fingerprint density at radius 1 is 1.15 bits per heavy atom. The number of hydrogen-bond donors (Lipinski definition) is 2. The Morgan fingerprint density at radius 2 is 1.85 bits per heavy atom. The maximum absolute atomic E-state index is 4.57. The summed E-state index contributed by atoms with van der Waals surface area (Å²) in [7, 11) is 1.84. The van der Waals surface area contributed by atoms with Gasteiger partial charge < -0.3 is 15.5 Å². The minimum Gasteiger partial charge on any atom is -0.357 e. The van der Waals surface area contributed by atoms with Crippen LogP contribution in [0.25, 0.3) is 0 Å². The van der Waals surface area contributed by atoms with Crippen molar-refractivity contribution in [3.8, 4) is 0 Å². The van der Waals surface area contributed by atoms with Crippen LogP contribution >= 0.6 is 11.8 Å². The average Bonchev–Trinajstić information content (AvgIpc) is 3.06. The van der Waals surface area contributed by atoms with E-state index < -0.39 is 0 Å². The standard InChI is InChI=1S/C13H22N6S/c1-14-10-16-11(15-9-13(20-2)5-6-13)18-12(17-10)19-7-3-4-8-19/h3-9H2,1-2H3,(H2,14,15,16,17,18). The summed E-state index contributed by atoms with van der Waals surface area (Å²) in [5.41, 5.74) is 0. The predicted octanol–water partition coefficient (Wildman–Crippen LogP) is 1.82. The van der Waals surface area contributed by atoms with Crippen molar-refractivity contribution in [3.05, 3.63) is 0 Å². The maximum atomic E-state index is 4.57. The molecule has 1 saturated heterocycles. The van der Waals surface area contributed by atoms with Gasteiger partial charge in [-0.1, -0.05) is 0 Å². The molecule has 7 heteroatoms. The van der Waals surface area contributed by atoms with Crippen LogP contribution in [-0.2, 0) is 0 Å². The molecule has 1 aliphatic carbocycles. The molecule has 1 aliphatic heterocycles. The van der Waals surface area contributed by atoms with Gasteiger partial charge in [0.05, 0.1) is 0 Å². The van der Waals surface area contributed by atoms with E-state index in [0.29, 0.717) is 16.6 Å². The van der Waals surface area contributed by atoms with Gasteiger partial charge in [0.15, 0.2) is 0 Å². The van der Waals surface area contributed by atoms with Gasteiger partial charge in [0.25, 0.3) is 0 Å². The maximum Gasteiger partial charge on any atom is 0.231 e. The highest BCUT2D eigenvalue weighted by atomic mass is 32.2. The number of hydrogen-bond acceptors (Lipinski definition) is 7. The molecule has 1 aromatic heterocycles. The van der Waals surface area contributed by atoms with Gasteiger partial charge in [-0.15, -0.1) is 0 Å². The average molecular weight is 294 g/mol. The molecule has 110 valence electrons. The molecule has 0 bridgehead atoms. The molecule has 0 aromatic carbocycles. The van der Waals surface area contributed by atoms with Crippen molar-refractivity contribution >= 4 is 29.6 Å². The molecule has 2 aliphatic rings. The van der Waals surface area contributed by atoms with Crippen LogP contribution in [0.1, 0.15) is 25.7 Å². The largest absolute Gasteiger partial charge is 0.357 e. The number of nitrogens with one attached hydrogen (secondary N) is 2. The SMILES string of the molecule is CNc1nc(NCC2(SC)CC2)nc(N2CCCC2)n1. The van der Waals surface area contributed by atoms with Crippen molar-refractivity contribution in [1.82, 2.24) is 15.0 Å². The molecule has 2 N–H and O–H groups in total. The highest BCUT2D eigenvalue weighted by Crippen LogP contribution is 2.46. The van der Waals surface area contributed by atoms with Gasteiger partial charge in [0, 0.05) is 31.4 Å². The highest BCUT2D eigenvalue weighted by Gasteiger charge is 2.41. The lowest BCUT2D eigenvalue weighted by atomic mass is 10.4. The lowest BCUT2D eigenvalue weighted by molar-refractivity contribution is 0.867. The first-order chi connectivity index (χ1) is 9.74. The minimum atomic E-state index is 0.403. The zero-order valence-electron chi connectivity index (χ0n) is 12.1. The first-order valence-electron chi connectivity index (χ1n) is 7.22. The van der Waals surface area contributed by atoms with Crippen molar-refractivity contribution in [1.29, 1.82) is 0 Å². The summed E-state index contributed by atoms with van der Waals surface area (Å²) in [4.78, 5) is 15.7. The molecule has 0 spiro atoms. The van der Waals surface area contributed by atoms with E-state index >= 15 is 0 Å². The molecule has 0 amide bonds. The van der Waals surface area contributed by atoms with Crippen LogP contribution in [0.3, 0.4) is 0 Å². The van der Waals surface area contributed by atoms with Crippen molar-refractivity contribution in [3.63, 3.8) is 0 Å². The summed E-state index contributed by atoms with van der Waals surface area (Å²) in [6.07, 6.45) is 7.18. The summed E-state index contributed by atoms with van der Waals surface area (Å²) in [6.45, 7) is 3.02. The van der Waals surface area contributed by atoms with E-state index in [4.69, 9.17) is 0 Å². The Hall–Kier alpha value is -1.24. The Labute approximate surface area is 124 Å². The van der Waals surface area contributed by atoms with Gasteiger partial charge in [0.1, 0.15) is 0 Å². The second kappa shape index (κ2) is 5.63. The first-order valence-corrected chi connectivity index (χ1v) is 8.45. The van der Waals surface area contributed by atoms with Crippen LogP contribution in [0.5, 0.6) is 0 Å². The zero-order valence-corrected chi connectivity index (χ0v) is 13.0. The third-order valence-electron chi connectivity index (χ3n) is 4.05. The van der Waals surface area contributed by atoms with Gasteiger partial charge in [-0.05, 0) is 31.9 Å². The molecule has 20 heavy (non-hydrogen) atoms. The number of nitrogens with zero attached hydrogens (tertiary/aromatic N) is 4. The summed E-state index contributed by atoms with van der Waals surface area (Å²) in [5.74, 6) is 2.11. The number of rotatable bonds is 6. The molecule has 3 rings (SSSR count). The normalized spacial score (nSPS) is 20.0. The van der Waals surface area contributed by atoms with E-state index in [1.165, 1.54) is 25.7 Å². The molecule has 2 fully saturated rings. The van der Waals surface area contributed by atoms with Gasteiger partial charge in [-0.2, -0.15) is 26.7 Å². The fraction of sp³-hybridized carbons (Fsp3) is 0.769. The number of anilines is 3. The zero-order chi connectivity index (χ0) is 14.0. The van der Waals surface area contributed by atoms with Crippen molar-refractivity contribution in [2.45, 2.75) is 30.4 Å². The summed E-state index contributed by atoms with van der Waals surface area (Å²) in [6, 6.07) is 0. The molecule has 0 atom stereocenters. The first kappa shape index (κ1) is 13.7. The van der Waals surface area contributed by atoms with E-state index in [2.05, 4.69) is 36.7 Å². The molecular weight excluding hydrogens is 272 g/mol. The van der Waals surface area contributed by atoms with Crippen molar-refractivity contribution in [2.75, 3.05) is 48.5 Å². The molecule has 0 unspecified atom stereocenters. The molecule has 0 radical (unpaired) electrons. The quantitative estimate of drug-likeness (QED) is 0.829. The predicted molar refractivity (Wildman–Crippen MR) is 84.8 cm³/mol. The smallest absolute Gasteiger partial charge is 0.231 e. The second-order valence-electron chi connectivity index (χ2n) is 5.47. The van der Waals surface area contributed by atoms with Crippen LogP contribution in [-0.4, -0.2) is 52.6 Å². The van der Waals surface area contributed by atoms with Crippen LogP contribution in [0.4, 0.5) is 17.8 Å².